The number of benzene rings is 1. The molecule has 0 unspecified atom stereocenters. The lowest BCUT2D eigenvalue weighted by atomic mass is 10.1. The number of oxime groups is 1. The van der Waals surface area contributed by atoms with Crippen LogP contribution in [0.5, 0.6) is 0 Å². The zero-order valence-corrected chi connectivity index (χ0v) is 9.41. The van der Waals surface area contributed by atoms with Crippen molar-refractivity contribution < 1.29 is 9.60 Å². The molecule has 0 bridgehead atoms. The lowest BCUT2D eigenvalue weighted by Gasteiger charge is -2.29. The maximum Gasteiger partial charge on any atom is 0.147 e. The summed E-state index contributed by atoms with van der Waals surface area (Å²) in [6.07, 6.45) is 1.33. The molecule has 5 heteroatoms. The largest absolute Gasteiger partial charge is 0.411 e. The van der Waals surface area contributed by atoms with Crippen molar-refractivity contribution in [2.45, 2.75) is 12.8 Å². The van der Waals surface area contributed by atoms with Crippen molar-refractivity contribution in [2.24, 2.45) is 5.16 Å². The van der Waals surface area contributed by atoms with Crippen molar-refractivity contribution in [3.63, 3.8) is 0 Å². The van der Waals surface area contributed by atoms with Crippen LogP contribution in [0.15, 0.2) is 23.4 Å². The van der Waals surface area contributed by atoms with E-state index < -0.39 is 0 Å². The van der Waals surface area contributed by atoms with Gasteiger partial charge in [0.15, 0.2) is 0 Å². The Labute approximate surface area is 98.1 Å². The first-order valence-corrected chi connectivity index (χ1v) is 5.48. The Kier molecular flexibility index (Phi) is 3.29. The van der Waals surface area contributed by atoms with E-state index in [2.05, 4.69) is 5.16 Å². The lowest BCUT2D eigenvalue weighted by molar-refractivity contribution is 0.315. The normalized spacial score (nSPS) is 16.4. The van der Waals surface area contributed by atoms with Gasteiger partial charge in [-0.1, -0.05) is 16.8 Å². The van der Waals surface area contributed by atoms with Gasteiger partial charge in [-0.25, -0.2) is 4.39 Å². The van der Waals surface area contributed by atoms with Crippen LogP contribution in [-0.4, -0.2) is 24.0 Å². The van der Waals surface area contributed by atoms with Crippen LogP contribution < -0.4 is 4.90 Å². The van der Waals surface area contributed by atoms with Gasteiger partial charge in [-0.15, -0.1) is 0 Å². The molecule has 0 aromatic heterocycles. The molecule has 1 heterocycles. The van der Waals surface area contributed by atoms with Gasteiger partial charge >= 0.3 is 0 Å². The predicted octanol–water partition coefficient (Wildman–Crippen LogP) is 2.91. The number of piperidine rings is 1. The summed E-state index contributed by atoms with van der Waals surface area (Å²) in [5.74, 6) is -0.308. The van der Waals surface area contributed by atoms with E-state index in [1.807, 2.05) is 4.90 Å². The van der Waals surface area contributed by atoms with E-state index >= 15 is 0 Å². The Balaban J connectivity index is 2.14. The monoisotopic (exact) mass is 242 g/mol. The minimum atomic E-state index is -0.308. The second kappa shape index (κ2) is 4.70. The van der Waals surface area contributed by atoms with Crippen molar-refractivity contribution in [2.75, 3.05) is 18.0 Å². The van der Waals surface area contributed by atoms with E-state index in [1.54, 1.807) is 12.1 Å². The molecule has 1 aromatic rings. The minimum Gasteiger partial charge on any atom is -0.411 e. The molecular formula is C11H12ClFN2O. The molecule has 1 N–H and O–H groups in total. The minimum absolute atomic E-state index is 0.308. The van der Waals surface area contributed by atoms with Crippen LogP contribution in [0.2, 0.25) is 5.02 Å². The molecule has 0 spiro atoms. The Morgan fingerprint density at radius 3 is 2.56 bits per heavy atom. The second-order valence-corrected chi connectivity index (χ2v) is 4.19. The summed E-state index contributed by atoms with van der Waals surface area (Å²) in [7, 11) is 0. The highest BCUT2D eigenvalue weighted by molar-refractivity contribution is 6.30. The van der Waals surface area contributed by atoms with Gasteiger partial charge in [0.05, 0.1) is 11.4 Å². The summed E-state index contributed by atoms with van der Waals surface area (Å²) in [4.78, 5) is 1.93. The van der Waals surface area contributed by atoms with Crippen LogP contribution in [-0.2, 0) is 0 Å². The first kappa shape index (κ1) is 11.2. The zero-order valence-electron chi connectivity index (χ0n) is 8.66. The Morgan fingerprint density at radius 1 is 1.31 bits per heavy atom. The highest BCUT2D eigenvalue weighted by Gasteiger charge is 2.18. The molecule has 86 valence electrons. The summed E-state index contributed by atoms with van der Waals surface area (Å²) in [5, 5.41) is 12.2. The van der Waals surface area contributed by atoms with Crippen LogP contribution in [0.25, 0.3) is 0 Å². The van der Waals surface area contributed by atoms with Gasteiger partial charge < -0.3 is 10.1 Å². The number of hydrogen-bond acceptors (Lipinski definition) is 3. The average Bonchev–Trinajstić information content (AvgIpc) is 2.29. The topological polar surface area (TPSA) is 35.8 Å². The first-order chi connectivity index (χ1) is 7.70. The highest BCUT2D eigenvalue weighted by Crippen LogP contribution is 2.25. The first-order valence-electron chi connectivity index (χ1n) is 5.10. The molecule has 16 heavy (non-hydrogen) atoms. The third-order valence-electron chi connectivity index (χ3n) is 2.73. The van der Waals surface area contributed by atoms with Gasteiger partial charge in [-0.2, -0.15) is 0 Å². The van der Waals surface area contributed by atoms with Gasteiger partial charge in [-0.05, 0) is 18.2 Å². The van der Waals surface area contributed by atoms with E-state index in [0.29, 0.717) is 36.6 Å². The Bertz CT molecular complexity index is 412. The molecule has 2 rings (SSSR count). The predicted molar refractivity (Wildman–Crippen MR) is 62.1 cm³/mol. The van der Waals surface area contributed by atoms with Crippen molar-refractivity contribution >= 4 is 23.0 Å². The Morgan fingerprint density at radius 2 is 2.00 bits per heavy atom. The van der Waals surface area contributed by atoms with Crippen LogP contribution in [0, 0.1) is 5.82 Å². The van der Waals surface area contributed by atoms with Crippen molar-refractivity contribution in [3.8, 4) is 0 Å². The molecule has 1 aliphatic rings. The summed E-state index contributed by atoms with van der Waals surface area (Å²) in [6, 6.07) is 4.67. The third kappa shape index (κ3) is 2.27. The van der Waals surface area contributed by atoms with Gasteiger partial charge in [0.1, 0.15) is 5.82 Å². The summed E-state index contributed by atoms with van der Waals surface area (Å²) in [5.41, 5.74) is 1.33. The number of rotatable bonds is 1. The molecule has 0 amide bonds. The van der Waals surface area contributed by atoms with E-state index in [4.69, 9.17) is 16.8 Å². The fraction of sp³-hybridized carbons (Fsp3) is 0.364. The quantitative estimate of drug-likeness (QED) is 0.607. The standard InChI is InChI=1S/C11H12ClFN2O/c12-8-1-2-11(10(13)7-8)15-5-3-9(14-16)4-6-15/h1-2,7,16H,3-6H2. The van der Waals surface area contributed by atoms with Crippen LogP contribution >= 0.6 is 11.6 Å². The fourth-order valence-corrected chi connectivity index (χ4v) is 2.00. The van der Waals surface area contributed by atoms with Crippen molar-refractivity contribution in [1.29, 1.82) is 0 Å². The summed E-state index contributed by atoms with van der Waals surface area (Å²) >= 11 is 5.69. The van der Waals surface area contributed by atoms with E-state index in [0.717, 1.165) is 5.71 Å². The molecule has 0 radical (unpaired) electrons. The maximum atomic E-state index is 13.6. The third-order valence-corrected chi connectivity index (χ3v) is 2.97. The number of halogens is 2. The molecule has 0 saturated carbocycles. The SMILES string of the molecule is ON=C1CCN(c2ccc(Cl)cc2F)CC1. The molecule has 1 aromatic carbocycles. The molecule has 3 nitrogen and oxygen atoms in total. The number of anilines is 1. The maximum absolute atomic E-state index is 13.6. The van der Waals surface area contributed by atoms with Gasteiger partial charge in [0.25, 0.3) is 0 Å². The number of nitrogens with zero attached hydrogens (tertiary/aromatic N) is 2. The second-order valence-electron chi connectivity index (χ2n) is 3.75. The molecule has 0 atom stereocenters. The lowest BCUT2D eigenvalue weighted by Crippen LogP contribution is -2.34. The smallest absolute Gasteiger partial charge is 0.147 e. The van der Waals surface area contributed by atoms with Gasteiger partial charge in [0, 0.05) is 31.0 Å². The fourth-order valence-electron chi connectivity index (χ4n) is 1.84. The van der Waals surface area contributed by atoms with Crippen molar-refractivity contribution in [1.82, 2.24) is 0 Å². The number of hydrogen-bond donors (Lipinski definition) is 1. The zero-order chi connectivity index (χ0) is 11.5. The van der Waals surface area contributed by atoms with Gasteiger partial charge in [0.2, 0.25) is 0 Å². The van der Waals surface area contributed by atoms with E-state index in [1.165, 1.54) is 6.07 Å². The summed E-state index contributed by atoms with van der Waals surface area (Å²) < 4.78 is 13.6. The molecule has 1 fully saturated rings. The Hall–Kier alpha value is -1.29. The van der Waals surface area contributed by atoms with Crippen LogP contribution in [0.1, 0.15) is 12.8 Å². The van der Waals surface area contributed by atoms with E-state index in [-0.39, 0.29) is 5.82 Å². The van der Waals surface area contributed by atoms with Crippen molar-refractivity contribution in [3.05, 3.63) is 29.0 Å². The van der Waals surface area contributed by atoms with Gasteiger partial charge in [-0.3, -0.25) is 0 Å². The van der Waals surface area contributed by atoms with Crippen LogP contribution in [0.3, 0.4) is 0 Å². The van der Waals surface area contributed by atoms with Crippen LogP contribution in [0.4, 0.5) is 10.1 Å². The highest BCUT2D eigenvalue weighted by atomic mass is 35.5. The van der Waals surface area contributed by atoms with E-state index in [9.17, 15) is 4.39 Å². The summed E-state index contributed by atoms with van der Waals surface area (Å²) in [6.45, 7) is 1.33. The molecule has 0 aliphatic carbocycles. The molecular weight excluding hydrogens is 231 g/mol. The average molecular weight is 243 g/mol. The molecule has 1 saturated heterocycles. The molecule has 1 aliphatic heterocycles.